The normalized spacial score (nSPS) is 10.4. The molecule has 2 aromatic rings. The zero-order valence-corrected chi connectivity index (χ0v) is 12.8. The molecule has 1 aromatic heterocycles. The van der Waals surface area contributed by atoms with Crippen LogP contribution in [-0.4, -0.2) is 34.7 Å². The summed E-state index contributed by atoms with van der Waals surface area (Å²) in [5.41, 5.74) is 2.85. The summed E-state index contributed by atoms with van der Waals surface area (Å²) in [7, 11) is 3.51. The molecule has 0 atom stereocenters. The minimum absolute atomic E-state index is 0.0163. The number of carbonyl (C=O) groups excluding carboxylic acids is 1. The van der Waals surface area contributed by atoms with E-state index in [-0.39, 0.29) is 5.91 Å². The van der Waals surface area contributed by atoms with Crippen LogP contribution in [-0.2, 0) is 13.1 Å². The van der Waals surface area contributed by atoms with E-state index in [0.717, 1.165) is 30.9 Å². The Kier molecular flexibility index (Phi) is 4.98. The van der Waals surface area contributed by atoms with Gasteiger partial charge in [-0.15, -0.1) is 0 Å². The highest BCUT2D eigenvalue weighted by atomic mass is 16.2. The quantitative estimate of drug-likeness (QED) is 0.888. The summed E-state index contributed by atoms with van der Waals surface area (Å²) in [5, 5.41) is 7.66. The smallest absolute Gasteiger partial charge is 0.253 e. The minimum Gasteiger partial charge on any atom is -0.379 e. The summed E-state index contributed by atoms with van der Waals surface area (Å²) in [4.78, 5) is 13.4. The van der Waals surface area contributed by atoms with Crippen LogP contribution in [0.15, 0.2) is 36.5 Å². The fraction of sp³-hybridized carbons (Fsp3) is 0.375. The van der Waals surface area contributed by atoms with Gasteiger partial charge in [-0.1, -0.05) is 6.92 Å². The maximum absolute atomic E-state index is 11.8. The van der Waals surface area contributed by atoms with Gasteiger partial charge in [0.15, 0.2) is 0 Å². The van der Waals surface area contributed by atoms with Gasteiger partial charge < -0.3 is 10.2 Å². The lowest BCUT2D eigenvalue weighted by molar-refractivity contribution is 0.0827. The first-order valence-electron chi connectivity index (χ1n) is 7.18. The van der Waals surface area contributed by atoms with Crippen molar-refractivity contribution >= 4 is 11.6 Å². The highest BCUT2D eigenvalue weighted by molar-refractivity contribution is 5.94. The van der Waals surface area contributed by atoms with Crippen LogP contribution >= 0.6 is 0 Å². The number of amides is 1. The lowest BCUT2D eigenvalue weighted by atomic mass is 10.2. The molecule has 0 saturated heterocycles. The molecular weight excluding hydrogens is 264 g/mol. The lowest BCUT2D eigenvalue weighted by Gasteiger charge is -2.12. The molecule has 1 amide bonds. The summed E-state index contributed by atoms with van der Waals surface area (Å²) in [6.07, 6.45) is 2.89. The van der Waals surface area contributed by atoms with Gasteiger partial charge in [-0.05, 0) is 36.8 Å². The highest BCUT2D eigenvalue weighted by Gasteiger charge is 2.07. The molecule has 21 heavy (non-hydrogen) atoms. The molecule has 5 nitrogen and oxygen atoms in total. The Morgan fingerprint density at radius 2 is 1.95 bits per heavy atom. The number of aryl methyl sites for hydroxylation is 1. The molecule has 0 bridgehead atoms. The Bertz CT molecular complexity index is 587. The van der Waals surface area contributed by atoms with Crippen molar-refractivity contribution in [1.29, 1.82) is 0 Å². The van der Waals surface area contributed by atoms with Crippen LogP contribution in [0.1, 0.15) is 29.4 Å². The topological polar surface area (TPSA) is 50.2 Å². The van der Waals surface area contributed by atoms with Crippen LogP contribution in [0.5, 0.6) is 0 Å². The number of aromatic nitrogens is 2. The molecule has 0 aliphatic rings. The third-order valence-corrected chi connectivity index (χ3v) is 3.25. The summed E-state index contributed by atoms with van der Waals surface area (Å²) in [5.74, 6) is 0.0163. The van der Waals surface area contributed by atoms with Crippen molar-refractivity contribution in [2.75, 3.05) is 19.4 Å². The van der Waals surface area contributed by atoms with Crippen molar-refractivity contribution in [2.24, 2.45) is 0 Å². The third kappa shape index (κ3) is 3.84. The number of nitrogens with one attached hydrogen (secondary N) is 1. The fourth-order valence-electron chi connectivity index (χ4n) is 2.10. The second-order valence-corrected chi connectivity index (χ2v) is 5.18. The molecule has 0 spiro atoms. The average molecular weight is 286 g/mol. The standard InChI is InChI=1S/C16H22N4O/c1-4-11-20-15(9-10-18-20)12-17-14-7-5-13(6-8-14)16(21)19(2)3/h5-10,17H,4,11-12H2,1-3H3. The lowest BCUT2D eigenvalue weighted by Crippen LogP contribution is -2.21. The first kappa shape index (κ1) is 15.1. The minimum atomic E-state index is 0.0163. The predicted octanol–water partition coefficient (Wildman–Crippen LogP) is 2.61. The molecule has 1 heterocycles. The largest absolute Gasteiger partial charge is 0.379 e. The Morgan fingerprint density at radius 1 is 1.24 bits per heavy atom. The van der Waals surface area contributed by atoms with Gasteiger partial charge in [0.2, 0.25) is 0 Å². The van der Waals surface area contributed by atoms with Crippen molar-refractivity contribution in [1.82, 2.24) is 14.7 Å². The second kappa shape index (κ2) is 6.92. The Labute approximate surface area is 125 Å². The van der Waals surface area contributed by atoms with Gasteiger partial charge in [0, 0.05) is 38.1 Å². The van der Waals surface area contributed by atoms with Crippen LogP contribution < -0.4 is 5.32 Å². The van der Waals surface area contributed by atoms with E-state index in [0.29, 0.717) is 5.56 Å². The molecular formula is C16H22N4O. The van der Waals surface area contributed by atoms with E-state index in [1.807, 2.05) is 41.2 Å². The van der Waals surface area contributed by atoms with Crippen LogP contribution in [0, 0.1) is 0 Å². The van der Waals surface area contributed by atoms with Crippen LogP contribution in [0.2, 0.25) is 0 Å². The van der Waals surface area contributed by atoms with Crippen LogP contribution in [0.25, 0.3) is 0 Å². The van der Waals surface area contributed by atoms with E-state index < -0.39 is 0 Å². The van der Waals surface area contributed by atoms with Gasteiger partial charge >= 0.3 is 0 Å². The molecule has 0 fully saturated rings. The average Bonchev–Trinajstić information content (AvgIpc) is 2.92. The number of hydrogen-bond acceptors (Lipinski definition) is 3. The van der Waals surface area contributed by atoms with E-state index >= 15 is 0 Å². The number of anilines is 1. The Morgan fingerprint density at radius 3 is 2.57 bits per heavy atom. The van der Waals surface area contributed by atoms with Crippen molar-refractivity contribution in [3.63, 3.8) is 0 Å². The third-order valence-electron chi connectivity index (χ3n) is 3.25. The molecule has 112 valence electrons. The molecule has 0 saturated carbocycles. The van der Waals surface area contributed by atoms with E-state index in [9.17, 15) is 4.79 Å². The number of carbonyl (C=O) groups is 1. The van der Waals surface area contributed by atoms with Crippen LogP contribution in [0.3, 0.4) is 0 Å². The van der Waals surface area contributed by atoms with Gasteiger partial charge in [-0.3, -0.25) is 9.48 Å². The predicted molar refractivity (Wildman–Crippen MR) is 84.3 cm³/mol. The molecule has 0 radical (unpaired) electrons. The summed E-state index contributed by atoms with van der Waals surface area (Å²) < 4.78 is 2.01. The van der Waals surface area contributed by atoms with E-state index in [2.05, 4.69) is 17.3 Å². The number of nitrogens with zero attached hydrogens (tertiary/aromatic N) is 3. The zero-order valence-electron chi connectivity index (χ0n) is 12.8. The van der Waals surface area contributed by atoms with Crippen molar-refractivity contribution in [2.45, 2.75) is 26.4 Å². The van der Waals surface area contributed by atoms with Gasteiger partial charge in [-0.2, -0.15) is 5.10 Å². The SMILES string of the molecule is CCCn1nccc1CNc1ccc(C(=O)N(C)C)cc1. The maximum atomic E-state index is 11.8. The Balaban J connectivity index is 1.97. The number of rotatable bonds is 6. The highest BCUT2D eigenvalue weighted by Crippen LogP contribution is 2.12. The van der Waals surface area contributed by atoms with E-state index in [1.165, 1.54) is 0 Å². The summed E-state index contributed by atoms with van der Waals surface area (Å²) in [6.45, 7) is 3.79. The fourth-order valence-corrected chi connectivity index (χ4v) is 2.10. The van der Waals surface area contributed by atoms with Gasteiger partial charge in [0.1, 0.15) is 0 Å². The number of benzene rings is 1. The molecule has 1 aromatic carbocycles. The first-order valence-corrected chi connectivity index (χ1v) is 7.18. The Hall–Kier alpha value is -2.30. The van der Waals surface area contributed by atoms with Gasteiger partial charge in [0.05, 0.1) is 12.2 Å². The van der Waals surface area contributed by atoms with Crippen molar-refractivity contribution in [3.05, 3.63) is 47.8 Å². The van der Waals surface area contributed by atoms with Gasteiger partial charge in [-0.25, -0.2) is 0 Å². The summed E-state index contributed by atoms with van der Waals surface area (Å²) >= 11 is 0. The van der Waals surface area contributed by atoms with E-state index in [4.69, 9.17) is 0 Å². The molecule has 1 N–H and O–H groups in total. The molecule has 0 aliphatic carbocycles. The van der Waals surface area contributed by atoms with Gasteiger partial charge in [0.25, 0.3) is 5.91 Å². The first-order chi connectivity index (χ1) is 10.1. The zero-order chi connectivity index (χ0) is 15.2. The summed E-state index contributed by atoms with van der Waals surface area (Å²) in [6, 6.07) is 9.56. The molecule has 2 rings (SSSR count). The maximum Gasteiger partial charge on any atom is 0.253 e. The molecule has 0 aliphatic heterocycles. The number of hydrogen-bond donors (Lipinski definition) is 1. The monoisotopic (exact) mass is 286 g/mol. The molecule has 0 unspecified atom stereocenters. The molecule has 5 heteroatoms. The van der Waals surface area contributed by atoms with Crippen LogP contribution in [0.4, 0.5) is 5.69 Å². The second-order valence-electron chi connectivity index (χ2n) is 5.18. The van der Waals surface area contributed by atoms with Crippen molar-refractivity contribution in [3.8, 4) is 0 Å². The van der Waals surface area contributed by atoms with E-state index in [1.54, 1.807) is 19.0 Å². The van der Waals surface area contributed by atoms with Crippen molar-refractivity contribution < 1.29 is 4.79 Å².